The summed E-state index contributed by atoms with van der Waals surface area (Å²) in [6, 6.07) is 18.7. The molecular formula is C24H18N4O4S2. The van der Waals surface area contributed by atoms with E-state index in [0.717, 1.165) is 31.0 Å². The van der Waals surface area contributed by atoms with Crippen molar-refractivity contribution in [2.75, 3.05) is 5.75 Å². The van der Waals surface area contributed by atoms with E-state index < -0.39 is 5.97 Å². The number of hydrogen-bond donors (Lipinski definition) is 2. The first kappa shape index (κ1) is 21.9. The van der Waals surface area contributed by atoms with Gasteiger partial charge in [0.2, 0.25) is 5.76 Å². The summed E-state index contributed by atoms with van der Waals surface area (Å²) in [6.45, 7) is 0.368. The highest BCUT2D eigenvalue weighted by Crippen LogP contribution is 2.29. The van der Waals surface area contributed by atoms with Gasteiger partial charge in [-0.1, -0.05) is 42.1 Å². The summed E-state index contributed by atoms with van der Waals surface area (Å²) in [4.78, 5) is 27.8. The van der Waals surface area contributed by atoms with E-state index in [0.29, 0.717) is 12.3 Å². The number of nitrogens with zero attached hydrogens (tertiary/aromatic N) is 3. The number of furan rings is 1. The van der Waals surface area contributed by atoms with E-state index in [1.54, 1.807) is 23.6 Å². The second-order valence-corrected chi connectivity index (χ2v) is 9.58. The van der Waals surface area contributed by atoms with E-state index >= 15 is 0 Å². The average molecular weight is 491 g/mol. The molecule has 1 amide bonds. The molecule has 3 aromatic heterocycles. The summed E-state index contributed by atoms with van der Waals surface area (Å²) in [6.07, 6.45) is 3.49. The molecule has 170 valence electrons. The van der Waals surface area contributed by atoms with Crippen LogP contribution in [0.4, 0.5) is 0 Å². The number of thioether (sulfide) groups is 1. The Bertz CT molecular complexity index is 1500. The molecule has 0 spiro atoms. The van der Waals surface area contributed by atoms with Crippen molar-refractivity contribution in [1.82, 2.24) is 15.0 Å². The number of hydrogen-bond acceptors (Lipinski definition) is 7. The minimum atomic E-state index is -1.10. The third-order valence-electron chi connectivity index (χ3n) is 5.01. The lowest BCUT2D eigenvalue weighted by Gasteiger charge is -2.02. The second-order valence-electron chi connectivity index (χ2n) is 7.33. The van der Waals surface area contributed by atoms with Crippen LogP contribution in [-0.4, -0.2) is 38.5 Å². The molecule has 0 aliphatic carbocycles. The zero-order chi connectivity index (χ0) is 23.5. The normalized spacial score (nSPS) is 11.5. The minimum Gasteiger partial charge on any atom is -0.475 e. The van der Waals surface area contributed by atoms with Gasteiger partial charge in [-0.3, -0.25) is 4.79 Å². The first-order valence-electron chi connectivity index (χ1n) is 10.3. The van der Waals surface area contributed by atoms with Crippen molar-refractivity contribution in [3.63, 3.8) is 0 Å². The highest BCUT2D eigenvalue weighted by molar-refractivity contribution is 8.01. The number of aromatic nitrogens is 2. The lowest BCUT2D eigenvalue weighted by atomic mass is 10.2. The van der Waals surface area contributed by atoms with Crippen molar-refractivity contribution in [3.05, 3.63) is 83.9 Å². The van der Waals surface area contributed by atoms with Gasteiger partial charge in [-0.05, 0) is 30.3 Å². The summed E-state index contributed by atoms with van der Waals surface area (Å²) in [5, 5.41) is 14.1. The number of benzene rings is 2. The topological polar surface area (TPSA) is 110 Å². The van der Waals surface area contributed by atoms with Gasteiger partial charge in [-0.25, -0.2) is 15.2 Å². The van der Waals surface area contributed by atoms with Gasteiger partial charge in [0.15, 0.2) is 4.34 Å². The molecule has 0 saturated heterocycles. The van der Waals surface area contributed by atoms with E-state index in [4.69, 9.17) is 9.52 Å². The van der Waals surface area contributed by atoms with Crippen LogP contribution in [0.2, 0.25) is 0 Å². The Morgan fingerprint density at radius 2 is 1.97 bits per heavy atom. The lowest BCUT2D eigenvalue weighted by Crippen LogP contribution is -2.19. The van der Waals surface area contributed by atoms with Gasteiger partial charge in [0.05, 0.1) is 28.7 Å². The molecule has 0 aliphatic heterocycles. The maximum Gasteiger partial charge on any atom is 0.371 e. The Kier molecular flexibility index (Phi) is 6.15. The van der Waals surface area contributed by atoms with Crippen molar-refractivity contribution >= 4 is 62.3 Å². The molecule has 8 nitrogen and oxygen atoms in total. The van der Waals surface area contributed by atoms with E-state index in [9.17, 15) is 9.59 Å². The van der Waals surface area contributed by atoms with Crippen LogP contribution in [0.25, 0.3) is 21.1 Å². The Balaban J connectivity index is 1.25. The van der Waals surface area contributed by atoms with Crippen LogP contribution >= 0.6 is 23.1 Å². The number of fused-ring (bicyclic) bond motifs is 2. The molecule has 0 radical (unpaired) electrons. The quantitative estimate of drug-likeness (QED) is 0.183. The Morgan fingerprint density at radius 1 is 1.15 bits per heavy atom. The molecule has 0 fully saturated rings. The van der Waals surface area contributed by atoms with Crippen molar-refractivity contribution in [3.8, 4) is 0 Å². The zero-order valence-corrected chi connectivity index (χ0v) is 19.3. The monoisotopic (exact) mass is 490 g/mol. The summed E-state index contributed by atoms with van der Waals surface area (Å²) < 4.78 is 9.27. The standard InChI is InChI=1S/C24H18N4O4S2/c29-22(14-33-24-26-18-6-2-4-8-21(18)34-24)27-25-11-15-12-28(19-7-3-1-5-17(15)19)13-16-9-10-20(32-16)23(30)31/h1-12H,13-14H2,(H,27,29)(H,30,31)/b25-11+. The number of rotatable bonds is 8. The first-order valence-corrected chi connectivity index (χ1v) is 12.1. The van der Waals surface area contributed by atoms with Crippen LogP contribution in [-0.2, 0) is 11.3 Å². The van der Waals surface area contributed by atoms with Crippen molar-refractivity contribution in [2.45, 2.75) is 10.9 Å². The molecule has 0 saturated carbocycles. The Hall–Kier alpha value is -3.89. The number of aromatic carboxylic acids is 1. The van der Waals surface area contributed by atoms with E-state index in [2.05, 4.69) is 15.5 Å². The third kappa shape index (κ3) is 4.73. The predicted molar refractivity (Wildman–Crippen MR) is 133 cm³/mol. The number of hydrazone groups is 1. The molecule has 10 heteroatoms. The highest BCUT2D eigenvalue weighted by atomic mass is 32.2. The van der Waals surface area contributed by atoms with E-state index in [1.807, 2.05) is 59.3 Å². The van der Waals surface area contributed by atoms with Crippen LogP contribution in [0.15, 0.2) is 80.7 Å². The number of amides is 1. The van der Waals surface area contributed by atoms with Gasteiger partial charge in [-0.2, -0.15) is 5.10 Å². The smallest absolute Gasteiger partial charge is 0.371 e. The van der Waals surface area contributed by atoms with Gasteiger partial charge in [0.1, 0.15) is 5.76 Å². The predicted octanol–water partition coefficient (Wildman–Crippen LogP) is 4.83. The number of carbonyl (C=O) groups excluding carboxylic acids is 1. The molecule has 3 heterocycles. The fraction of sp³-hybridized carbons (Fsp3) is 0.0833. The molecule has 0 atom stereocenters. The SMILES string of the molecule is O=C(CSc1nc2ccccc2s1)N/N=C/c1cn(Cc2ccc(C(=O)O)o2)c2ccccc12. The number of carbonyl (C=O) groups is 2. The maximum atomic E-state index is 12.3. The maximum absolute atomic E-state index is 12.3. The number of nitrogens with one attached hydrogen (secondary N) is 1. The van der Waals surface area contributed by atoms with Crippen LogP contribution in [0.3, 0.4) is 0 Å². The Morgan fingerprint density at radius 3 is 2.79 bits per heavy atom. The van der Waals surface area contributed by atoms with Crippen LogP contribution in [0, 0.1) is 0 Å². The third-order valence-corrected chi connectivity index (χ3v) is 7.19. The molecule has 5 rings (SSSR count). The summed E-state index contributed by atoms with van der Waals surface area (Å²) in [7, 11) is 0. The molecule has 2 aromatic carbocycles. The summed E-state index contributed by atoms with van der Waals surface area (Å²) in [5.41, 5.74) is 5.26. The fourth-order valence-electron chi connectivity index (χ4n) is 3.50. The molecule has 34 heavy (non-hydrogen) atoms. The fourth-order valence-corrected chi connectivity index (χ4v) is 5.36. The number of para-hydroxylation sites is 2. The minimum absolute atomic E-state index is 0.0975. The van der Waals surface area contributed by atoms with Crippen LogP contribution in [0.5, 0.6) is 0 Å². The highest BCUT2D eigenvalue weighted by Gasteiger charge is 2.12. The van der Waals surface area contributed by atoms with E-state index in [1.165, 1.54) is 17.8 Å². The summed E-state index contributed by atoms with van der Waals surface area (Å²) >= 11 is 2.94. The van der Waals surface area contributed by atoms with E-state index in [-0.39, 0.29) is 17.4 Å². The Labute approximate surface area is 201 Å². The molecule has 5 aromatic rings. The average Bonchev–Trinajstić information content (AvgIpc) is 3.56. The largest absolute Gasteiger partial charge is 0.475 e. The number of carboxylic acid groups (broad SMARTS) is 1. The zero-order valence-electron chi connectivity index (χ0n) is 17.7. The van der Waals surface area contributed by atoms with Gasteiger partial charge < -0.3 is 14.1 Å². The molecule has 0 aliphatic rings. The number of thiazole rings is 1. The lowest BCUT2D eigenvalue weighted by molar-refractivity contribution is -0.118. The van der Waals surface area contributed by atoms with Gasteiger partial charge >= 0.3 is 5.97 Å². The van der Waals surface area contributed by atoms with Crippen LogP contribution < -0.4 is 5.43 Å². The molecule has 0 unspecified atom stereocenters. The van der Waals surface area contributed by atoms with Gasteiger partial charge in [0, 0.05) is 22.7 Å². The van der Waals surface area contributed by atoms with Crippen LogP contribution in [0.1, 0.15) is 21.9 Å². The van der Waals surface area contributed by atoms with Crippen molar-refractivity contribution in [2.24, 2.45) is 5.10 Å². The van der Waals surface area contributed by atoms with Crippen molar-refractivity contribution in [1.29, 1.82) is 0 Å². The molecule has 0 bridgehead atoms. The molecule has 2 N–H and O–H groups in total. The van der Waals surface area contributed by atoms with Gasteiger partial charge in [0.25, 0.3) is 5.91 Å². The first-order chi connectivity index (χ1) is 16.6. The van der Waals surface area contributed by atoms with Crippen molar-refractivity contribution < 1.29 is 19.1 Å². The summed E-state index contributed by atoms with van der Waals surface area (Å²) in [5.74, 6) is -0.681. The van der Waals surface area contributed by atoms with Gasteiger partial charge in [-0.15, -0.1) is 11.3 Å². The molecular weight excluding hydrogens is 472 g/mol. The second kappa shape index (κ2) is 9.54. The number of carboxylic acids is 1.